The number of rotatable bonds is 5. The standard InChI is InChI=1S/C20H24N2O3/c1-16(23)25-19-8-6-17(7-9-19)15-21-10-12-22(13-11-21)18-4-3-5-20(14-18)24-2/h3-9,14H,10-13,15H2,1-2H3. The molecule has 1 aliphatic rings. The molecule has 0 bridgehead atoms. The monoisotopic (exact) mass is 340 g/mol. The summed E-state index contributed by atoms with van der Waals surface area (Å²) in [5.74, 6) is 1.20. The number of piperazine rings is 1. The van der Waals surface area contributed by atoms with Crippen LogP contribution in [0.15, 0.2) is 48.5 Å². The second-order valence-corrected chi connectivity index (χ2v) is 6.20. The first-order chi connectivity index (χ1) is 12.1. The maximum Gasteiger partial charge on any atom is 0.308 e. The van der Waals surface area contributed by atoms with Gasteiger partial charge in [0.05, 0.1) is 7.11 Å². The Morgan fingerprint density at radius 2 is 1.72 bits per heavy atom. The van der Waals surface area contributed by atoms with Gasteiger partial charge in [0.25, 0.3) is 0 Å². The molecule has 0 spiro atoms. The summed E-state index contributed by atoms with van der Waals surface area (Å²) in [6.07, 6.45) is 0. The number of anilines is 1. The van der Waals surface area contributed by atoms with Crippen molar-refractivity contribution in [2.45, 2.75) is 13.5 Å². The van der Waals surface area contributed by atoms with E-state index in [0.29, 0.717) is 5.75 Å². The second kappa shape index (κ2) is 8.03. The molecule has 1 saturated heterocycles. The van der Waals surface area contributed by atoms with Crippen LogP contribution in [-0.2, 0) is 11.3 Å². The predicted molar refractivity (Wildman–Crippen MR) is 98.2 cm³/mol. The van der Waals surface area contributed by atoms with E-state index in [1.165, 1.54) is 18.2 Å². The van der Waals surface area contributed by atoms with E-state index in [4.69, 9.17) is 9.47 Å². The number of hydrogen-bond acceptors (Lipinski definition) is 5. The van der Waals surface area contributed by atoms with E-state index in [1.807, 2.05) is 36.4 Å². The van der Waals surface area contributed by atoms with Crippen LogP contribution >= 0.6 is 0 Å². The van der Waals surface area contributed by atoms with Gasteiger partial charge in [-0.05, 0) is 29.8 Å². The van der Waals surface area contributed by atoms with Gasteiger partial charge in [-0.1, -0.05) is 18.2 Å². The number of hydrogen-bond donors (Lipinski definition) is 0. The number of carbonyl (C=O) groups excluding carboxylic acids is 1. The van der Waals surface area contributed by atoms with Crippen molar-refractivity contribution >= 4 is 11.7 Å². The fourth-order valence-electron chi connectivity index (χ4n) is 3.06. The van der Waals surface area contributed by atoms with Crippen LogP contribution in [0.3, 0.4) is 0 Å². The van der Waals surface area contributed by atoms with Crippen LogP contribution in [0.4, 0.5) is 5.69 Å². The number of methoxy groups -OCH3 is 1. The number of ether oxygens (including phenoxy) is 2. The molecule has 0 amide bonds. The van der Waals surface area contributed by atoms with Crippen LogP contribution in [0.25, 0.3) is 0 Å². The van der Waals surface area contributed by atoms with Gasteiger partial charge >= 0.3 is 5.97 Å². The van der Waals surface area contributed by atoms with E-state index in [2.05, 4.69) is 21.9 Å². The van der Waals surface area contributed by atoms with Crippen LogP contribution in [0.1, 0.15) is 12.5 Å². The van der Waals surface area contributed by atoms with Crippen LogP contribution in [-0.4, -0.2) is 44.2 Å². The van der Waals surface area contributed by atoms with E-state index >= 15 is 0 Å². The summed E-state index contributed by atoms with van der Waals surface area (Å²) >= 11 is 0. The summed E-state index contributed by atoms with van der Waals surface area (Å²) in [6.45, 7) is 6.35. The van der Waals surface area contributed by atoms with E-state index in [0.717, 1.165) is 38.5 Å². The number of nitrogens with zero attached hydrogens (tertiary/aromatic N) is 2. The molecule has 0 aliphatic carbocycles. The summed E-state index contributed by atoms with van der Waals surface area (Å²) in [6, 6.07) is 16.0. The maximum absolute atomic E-state index is 11.0. The molecule has 0 atom stereocenters. The van der Waals surface area contributed by atoms with Crippen LogP contribution in [0.2, 0.25) is 0 Å². The Hall–Kier alpha value is -2.53. The fraction of sp³-hybridized carbons (Fsp3) is 0.350. The minimum atomic E-state index is -0.290. The summed E-state index contributed by atoms with van der Waals surface area (Å²) in [7, 11) is 1.70. The number of esters is 1. The van der Waals surface area contributed by atoms with Gasteiger partial charge in [0, 0.05) is 51.4 Å². The van der Waals surface area contributed by atoms with Gasteiger partial charge in [-0.15, -0.1) is 0 Å². The molecule has 1 heterocycles. The first kappa shape index (κ1) is 17.3. The molecule has 0 aromatic heterocycles. The van der Waals surface area contributed by atoms with E-state index in [1.54, 1.807) is 7.11 Å². The van der Waals surface area contributed by atoms with Crippen molar-refractivity contribution in [3.8, 4) is 11.5 Å². The molecule has 2 aromatic carbocycles. The lowest BCUT2D eigenvalue weighted by Gasteiger charge is -2.36. The molecular formula is C20H24N2O3. The van der Waals surface area contributed by atoms with Gasteiger partial charge in [-0.25, -0.2) is 0 Å². The first-order valence-corrected chi connectivity index (χ1v) is 8.53. The Kier molecular flexibility index (Phi) is 5.56. The molecule has 0 unspecified atom stereocenters. The Balaban J connectivity index is 1.53. The van der Waals surface area contributed by atoms with Crippen molar-refractivity contribution in [2.24, 2.45) is 0 Å². The molecule has 3 rings (SSSR count). The summed E-state index contributed by atoms with van der Waals surface area (Å²) in [5.41, 5.74) is 2.44. The third-order valence-electron chi connectivity index (χ3n) is 4.38. The van der Waals surface area contributed by atoms with Gasteiger partial charge < -0.3 is 14.4 Å². The Labute approximate surface area is 148 Å². The lowest BCUT2D eigenvalue weighted by Crippen LogP contribution is -2.45. The molecule has 0 N–H and O–H groups in total. The molecule has 25 heavy (non-hydrogen) atoms. The summed E-state index contributed by atoms with van der Waals surface area (Å²) < 4.78 is 10.4. The van der Waals surface area contributed by atoms with Crippen molar-refractivity contribution in [3.05, 3.63) is 54.1 Å². The lowest BCUT2D eigenvalue weighted by molar-refractivity contribution is -0.131. The smallest absolute Gasteiger partial charge is 0.308 e. The zero-order valence-electron chi connectivity index (χ0n) is 14.8. The van der Waals surface area contributed by atoms with Crippen molar-refractivity contribution < 1.29 is 14.3 Å². The predicted octanol–water partition coefficient (Wildman–Crippen LogP) is 2.94. The molecule has 132 valence electrons. The molecule has 5 heteroatoms. The van der Waals surface area contributed by atoms with E-state index in [-0.39, 0.29) is 5.97 Å². The minimum Gasteiger partial charge on any atom is -0.497 e. The molecule has 1 aliphatic heterocycles. The Bertz CT molecular complexity index is 707. The van der Waals surface area contributed by atoms with Gasteiger partial charge in [-0.2, -0.15) is 0 Å². The quantitative estimate of drug-likeness (QED) is 0.618. The second-order valence-electron chi connectivity index (χ2n) is 6.20. The van der Waals surface area contributed by atoms with Crippen LogP contribution in [0, 0.1) is 0 Å². The summed E-state index contributed by atoms with van der Waals surface area (Å²) in [5, 5.41) is 0. The van der Waals surface area contributed by atoms with Crippen molar-refractivity contribution in [1.82, 2.24) is 4.90 Å². The van der Waals surface area contributed by atoms with Gasteiger partial charge in [-0.3, -0.25) is 9.69 Å². The highest BCUT2D eigenvalue weighted by Crippen LogP contribution is 2.22. The topological polar surface area (TPSA) is 42.0 Å². The Morgan fingerprint density at radius 1 is 1.00 bits per heavy atom. The van der Waals surface area contributed by atoms with E-state index in [9.17, 15) is 4.79 Å². The molecule has 0 radical (unpaired) electrons. The summed E-state index contributed by atoms with van der Waals surface area (Å²) in [4.78, 5) is 15.8. The minimum absolute atomic E-state index is 0.290. The highest BCUT2D eigenvalue weighted by Gasteiger charge is 2.17. The van der Waals surface area contributed by atoms with Crippen molar-refractivity contribution in [2.75, 3.05) is 38.2 Å². The average Bonchev–Trinajstić information content (AvgIpc) is 2.63. The normalized spacial score (nSPS) is 15.0. The van der Waals surface area contributed by atoms with Gasteiger partial charge in [0.15, 0.2) is 0 Å². The van der Waals surface area contributed by atoms with Crippen molar-refractivity contribution in [1.29, 1.82) is 0 Å². The number of benzene rings is 2. The van der Waals surface area contributed by atoms with Gasteiger partial charge in [0.1, 0.15) is 11.5 Å². The number of carbonyl (C=O) groups is 1. The zero-order chi connectivity index (χ0) is 17.6. The maximum atomic E-state index is 11.0. The van der Waals surface area contributed by atoms with Crippen LogP contribution < -0.4 is 14.4 Å². The lowest BCUT2D eigenvalue weighted by atomic mass is 10.2. The molecule has 0 saturated carbocycles. The molecular weight excluding hydrogens is 316 g/mol. The molecule has 2 aromatic rings. The third-order valence-corrected chi connectivity index (χ3v) is 4.38. The van der Waals surface area contributed by atoms with Gasteiger partial charge in [0.2, 0.25) is 0 Å². The molecule has 1 fully saturated rings. The molecule has 5 nitrogen and oxygen atoms in total. The third kappa shape index (κ3) is 4.73. The van der Waals surface area contributed by atoms with Crippen LogP contribution in [0.5, 0.6) is 11.5 Å². The zero-order valence-corrected chi connectivity index (χ0v) is 14.8. The Morgan fingerprint density at radius 3 is 2.36 bits per heavy atom. The fourth-order valence-corrected chi connectivity index (χ4v) is 3.06. The highest BCUT2D eigenvalue weighted by molar-refractivity contribution is 5.69. The average molecular weight is 340 g/mol. The van der Waals surface area contributed by atoms with Crippen molar-refractivity contribution in [3.63, 3.8) is 0 Å². The highest BCUT2D eigenvalue weighted by atomic mass is 16.5. The largest absolute Gasteiger partial charge is 0.497 e. The first-order valence-electron chi connectivity index (χ1n) is 8.53. The van der Waals surface area contributed by atoms with E-state index < -0.39 is 0 Å². The SMILES string of the molecule is COc1cccc(N2CCN(Cc3ccc(OC(C)=O)cc3)CC2)c1.